The van der Waals surface area contributed by atoms with E-state index in [0.29, 0.717) is 18.3 Å². The number of aromatic nitrogens is 1. The third-order valence-corrected chi connectivity index (χ3v) is 13.1. The molecule has 0 unspecified atom stereocenters. The van der Waals surface area contributed by atoms with E-state index in [1.807, 2.05) is 6.07 Å². The molecule has 1 saturated heterocycles. The first kappa shape index (κ1) is 30.7. The second-order valence-electron chi connectivity index (χ2n) is 16.5. The Bertz CT molecular complexity index is 2180. The SMILES string of the molecule is Cc1cccc(CO[C@@]23Cc4c(n(Cc5cccc(C)c5)c5ccc(C(C)C)cc45)[C@@H]4Oc5c(O)ccc6c5[C@@]42CCN(CC2CC2)[C@H]3C6)c1. The molecular weight excluding hydrogens is 617 g/mol. The van der Waals surface area contributed by atoms with Crippen LogP contribution in [0.2, 0.25) is 0 Å². The first-order valence-corrected chi connectivity index (χ1v) is 18.9. The smallest absolute Gasteiger partial charge is 0.166 e. The highest BCUT2D eigenvalue weighted by Gasteiger charge is 2.74. The highest BCUT2D eigenvalue weighted by molar-refractivity contribution is 5.88. The van der Waals surface area contributed by atoms with Crippen LogP contribution in [0.4, 0.5) is 0 Å². The molecule has 3 aliphatic carbocycles. The maximum atomic E-state index is 11.5. The molecule has 0 radical (unpaired) electrons. The van der Waals surface area contributed by atoms with Crippen LogP contribution in [0.15, 0.2) is 78.9 Å². The van der Waals surface area contributed by atoms with Gasteiger partial charge in [-0.15, -0.1) is 0 Å². The zero-order valence-electron chi connectivity index (χ0n) is 29.8. The van der Waals surface area contributed by atoms with Crippen molar-refractivity contribution in [2.75, 3.05) is 13.1 Å². The molecule has 1 N–H and O–H groups in total. The molecule has 256 valence electrons. The standard InChI is InChI=1S/C45H48N2O3/c1-27(2)33-13-15-37-35(21-33)36-23-45(49-26-32-10-6-8-29(4)20-32)39-22-34-14-16-38(48)42-40(34)44(45,17-18-46(39)24-30-11-12-30)43(50-42)41(36)47(37)25-31-9-5-7-28(3)19-31/h5-10,13-16,19-21,27,30,39,43,48H,11-12,17-18,22-26H2,1-4H3/t39-,43-,44-,45+/m0/s1. The van der Waals surface area contributed by atoms with E-state index in [2.05, 4.69) is 110 Å². The number of nitrogens with zero attached hydrogens (tertiary/aromatic N) is 2. The largest absolute Gasteiger partial charge is 0.504 e. The summed E-state index contributed by atoms with van der Waals surface area (Å²) in [6, 6.07) is 29.2. The van der Waals surface area contributed by atoms with Crippen molar-refractivity contribution in [1.29, 1.82) is 0 Å². The molecule has 3 heterocycles. The number of phenols is 1. The minimum absolute atomic E-state index is 0.215. The van der Waals surface area contributed by atoms with E-state index in [1.165, 1.54) is 73.9 Å². The predicted molar refractivity (Wildman–Crippen MR) is 198 cm³/mol. The van der Waals surface area contributed by atoms with Gasteiger partial charge in [0.15, 0.2) is 17.6 Å². The van der Waals surface area contributed by atoms with E-state index in [-0.39, 0.29) is 17.9 Å². The molecule has 5 aliphatic rings. The van der Waals surface area contributed by atoms with Gasteiger partial charge in [0.2, 0.25) is 0 Å². The van der Waals surface area contributed by atoms with Gasteiger partial charge in [-0.05, 0) is 104 Å². The number of benzene rings is 4. The Labute approximate surface area is 295 Å². The highest BCUT2D eigenvalue weighted by Crippen LogP contribution is 2.70. The van der Waals surface area contributed by atoms with Crippen LogP contribution in [0.3, 0.4) is 0 Å². The van der Waals surface area contributed by atoms with E-state index < -0.39 is 11.0 Å². The van der Waals surface area contributed by atoms with Crippen molar-refractivity contribution >= 4 is 10.9 Å². The first-order valence-electron chi connectivity index (χ1n) is 18.9. The fourth-order valence-corrected chi connectivity index (χ4v) is 10.6. The topological polar surface area (TPSA) is 46.9 Å². The summed E-state index contributed by atoms with van der Waals surface area (Å²) in [4.78, 5) is 2.81. The van der Waals surface area contributed by atoms with Crippen LogP contribution in [0.25, 0.3) is 10.9 Å². The van der Waals surface area contributed by atoms with Gasteiger partial charge in [-0.1, -0.05) is 85.6 Å². The summed E-state index contributed by atoms with van der Waals surface area (Å²) in [6.45, 7) is 12.4. The quantitative estimate of drug-likeness (QED) is 0.180. The average molecular weight is 665 g/mol. The minimum atomic E-state index is -0.524. The van der Waals surface area contributed by atoms with E-state index in [9.17, 15) is 5.11 Å². The lowest BCUT2D eigenvalue weighted by atomic mass is 9.48. The number of rotatable bonds is 8. The minimum Gasteiger partial charge on any atom is -0.504 e. The van der Waals surface area contributed by atoms with Crippen molar-refractivity contribution in [3.63, 3.8) is 0 Å². The molecule has 4 atom stereocenters. The molecule has 5 nitrogen and oxygen atoms in total. The summed E-state index contributed by atoms with van der Waals surface area (Å²) in [5, 5.41) is 12.9. The van der Waals surface area contributed by atoms with Crippen molar-refractivity contribution in [2.45, 2.75) is 102 Å². The lowest BCUT2D eigenvalue weighted by molar-refractivity contribution is -0.211. The van der Waals surface area contributed by atoms with E-state index in [0.717, 1.165) is 44.8 Å². The van der Waals surface area contributed by atoms with Crippen molar-refractivity contribution < 1.29 is 14.6 Å². The lowest BCUT2D eigenvalue weighted by Crippen LogP contribution is -2.75. The number of likely N-dealkylation sites (tertiary alicyclic amines) is 1. The fourth-order valence-electron chi connectivity index (χ4n) is 10.6. The highest BCUT2D eigenvalue weighted by atomic mass is 16.5. The molecule has 2 bridgehead atoms. The predicted octanol–water partition coefficient (Wildman–Crippen LogP) is 9.06. The van der Waals surface area contributed by atoms with Crippen LogP contribution in [0.5, 0.6) is 11.5 Å². The summed E-state index contributed by atoms with van der Waals surface area (Å²) < 4.78 is 17.6. The van der Waals surface area contributed by atoms with Crippen molar-refractivity contribution in [2.24, 2.45) is 5.92 Å². The molecule has 5 heteroatoms. The molecule has 1 aromatic heterocycles. The second-order valence-corrected chi connectivity index (χ2v) is 16.5. The van der Waals surface area contributed by atoms with Gasteiger partial charge >= 0.3 is 0 Å². The first-order chi connectivity index (χ1) is 24.3. The fraction of sp³-hybridized carbons (Fsp3) is 0.422. The van der Waals surface area contributed by atoms with Gasteiger partial charge in [0.1, 0.15) is 5.60 Å². The number of aromatic hydroxyl groups is 1. The number of piperidine rings is 1. The summed E-state index contributed by atoms with van der Waals surface area (Å²) in [5.74, 6) is 2.15. The van der Waals surface area contributed by atoms with Crippen molar-refractivity contribution in [3.05, 3.63) is 129 Å². The summed E-state index contributed by atoms with van der Waals surface area (Å²) >= 11 is 0. The van der Waals surface area contributed by atoms with Gasteiger partial charge in [-0.25, -0.2) is 0 Å². The van der Waals surface area contributed by atoms with Crippen LogP contribution in [-0.4, -0.2) is 39.3 Å². The van der Waals surface area contributed by atoms with Gasteiger partial charge < -0.3 is 19.1 Å². The van der Waals surface area contributed by atoms with Gasteiger partial charge in [0.25, 0.3) is 0 Å². The number of ether oxygens (including phenoxy) is 2. The van der Waals surface area contributed by atoms with Crippen LogP contribution in [0, 0.1) is 19.8 Å². The van der Waals surface area contributed by atoms with Gasteiger partial charge in [-0.3, -0.25) is 4.90 Å². The Kier molecular flexibility index (Phi) is 6.74. The Morgan fingerprint density at radius 2 is 1.72 bits per heavy atom. The molecule has 4 aromatic carbocycles. The summed E-state index contributed by atoms with van der Waals surface area (Å²) in [6.07, 6.45) is 5.08. The third kappa shape index (κ3) is 4.32. The average Bonchev–Trinajstić information content (AvgIpc) is 3.78. The molecule has 5 aromatic rings. The van der Waals surface area contributed by atoms with Crippen LogP contribution >= 0.6 is 0 Å². The summed E-state index contributed by atoms with van der Waals surface area (Å²) in [7, 11) is 0. The molecule has 1 spiro atoms. The van der Waals surface area contributed by atoms with Gasteiger partial charge in [0, 0.05) is 42.0 Å². The zero-order valence-corrected chi connectivity index (χ0v) is 29.8. The van der Waals surface area contributed by atoms with Crippen LogP contribution in [-0.2, 0) is 36.1 Å². The summed E-state index contributed by atoms with van der Waals surface area (Å²) in [5.41, 5.74) is 11.9. The Morgan fingerprint density at radius 3 is 2.48 bits per heavy atom. The lowest BCUT2D eigenvalue weighted by Gasteiger charge is -2.64. The normalized spacial score (nSPS) is 26.3. The Morgan fingerprint density at radius 1 is 0.940 bits per heavy atom. The Hall–Kier alpha value is -4.06. The van der Waals surface area contributed by atoms with E-state index in [4.69, 9.17) is 9.47 Å². The van der Waals surface area contributed by atoms with E-state index >= 15 is 0 Å². The van der Waals surface area contributed by atoms with Crippen molar-refractivity contribution in [1.82, 2.24) is 9.47 Å². The number of hydrogen-bond donors (Lipinski definition) is 1. The van der Waals surface area contributed by atoms with Crippen molar-refractivity contribution in [3.8, 4) is 11.5 Å². The second kappa shape index (κ2) is 11.0. The monoisotopic (exact) mass is 664 g/mol. The van der Waals surface area contributed by atoms with Gasteiger partial charge in [-0.2, -0.15) is 0 Å². The maximum absolute atomic E-state index is 11.5. The van der Waals surface area contributed by atoms with Crippen LogP contribution < -0.4 is 4.74 Å². The molecule has 50 heavy (non-hydrogen) atoms. The number of hydrogen-bond acceptors (Lipinski definition) is 4. The van der Waals surface area contributed by atoms with E-state index in [1.54, 1.807) is 0 Å². The zero-order chi connectivity index (χ0) is 33.9. The van der Waals surface area contributed by atoms with Crippen LogP contribution in [0.1, 0.15) is 95.3 Å². The number of phenolic OH excluding ortho intramolecular Hbond substituents is 1. The molecule has 2 fully saturated rings. The number of aryl methyl sites for hydroxylation is 2. The molecular formula is C45H48N2O3. The number of fused-ring (bicyclic) bond motifs is 4. The maximum Gasteiger partial charge on any atom is 0.166 e. The Balaban J connectivity index is 1.25. The molecule has 0 amide bonds. The molecule has 1 saturated carbocycles. The third-order valence-electron chi connectivity index (χ3n) is 13.1. The molecule has 2 aliphatic heterocycles. The molecule has 10 rings (SSSR count). The van der Waals surface area contributed by atoms with Gasteiger partial charge in [0.05, 0.1) is 17.7 Å².